The number of hydrogen-bond donors (Lipinski definition) is 1. The quantitative estimate of drug-likeness (QED) is 0.404. The van der Waals surface area contributed by atoms with Crippen LogP contribution >= 0.6 is 11.3 Å². The Bertz CT molecular complexity index is 1130. The van der Waals surface area contributed by atoms with Crippen LogP contribution in [0.2, 0.25) is 0 Å². The third-order valence-electron chi connectivity index (χ3n) is 4.30. The number of carbonyl (C=O) groups excluding carboxylic acids is 1. The standard InChI is InChI=1S/C22H17N3OS/c1-15-6-2-3-7-17(15)21-12-19(18-8-4-5-9-20(18)24-21)22(26)25-23-13-16-10-11-27-14-16/h2-14H,1H3,(H,25,26)/b23-13+. The van der Waals surface area contributed by atoms with Gasteiger partial charge in [-0.3, -0.25) is 4.79 Å². The van der Waals surface area contributed by atoms with Crippen molar-refractivity contribution in [1.82, 2.24) is 10.4 Å². The molecule has 4 aromatic rings. The summed E-state index contributed by atoms with van der Waals surface area (Å²) in [6.07, 6.45) is 1.64. The van der Waals surface area contributed by atoms with Crippen molar-refractivity contribution >= 4 is 34.4 Å². The van der Waals surface area contributed by atoms with Crippen LogP contribution in [0.3, 0.4) is 0 Å². The minimum Gasteiger partial charge on any atom is -0.267 e. The lowest BCUT2D eigenvalue weighted by Crippen LogP contribution is -2.18. The number of aromatic nitrogens is 1. The Kier molecular flexibility index (Phi) is 4.77. The van der Waals surface area contributed by atoms with Crippen LogP contribution in [-0.2, 0) is 0 Å². The van der Waals surface area contributed by atoms with E-state index in [0.29, 0.717) is 5.56 Å². The van der Waals surface area contributed by atoms with Crippen molar-refractivity contribution in [1.29, 1.82) is 0 Å². The molecule has 132 valence electrons. The fourth-order valence-electron chi connectivity index (χ4n) is 2.94. The van der Waals surface area contributed by atoms with Gasteiger partial charge < -0.3 is 0 Å². The van der Waals surface area contributed by atoms with Crippen LogP contribution in [0, 0.1) is 6.92 Å². The summed E-state index contributed by atoms with van der Waals surface area (Å²) in [7, 11) is 0. The van der Waals surface area contributed by atoms with Gasteiger partial charge in [0.15, 0.2) is 0 Å². The molecular weight excluding hydrogens is 354 g/mol. The summed E-state index contributed by atoms with van der Waals surface area (Å²) in [5.74, 6) is -0.255. The highest BCUT2D eigenvalue weighted by atomic mass is 32.1. The second-order valence-corrected chi connectivity index (χ2v) is 6.92. The molecule has 27 heavy (non-hydrogen) atoms. The second-order valence-electron chi connectivity index (χ2n) is 6.14. The molecule has 0 spiro atoms. The monoisotopic (exact) mass is 371 g/mol. The van der Waals surface area contributed by atoms with Crippen molar-refractivity contribution in [2.75, 3.05) is 0 Å². The van der Waals surface area contributed by atoms with Crippen molar-refractivity contribution in [2.24, 2.45) is 5.10 Å². The Morgan fingerprint density at radius 1 is 1.11 bits per heavy atom. The summed E-state index contributed by atoms with van der Waals surface area (Å²) < 4.78 is 0. The van der Waals surface area contributed by atoms with Gasteiger partial charge in [0.2, 0.25) is 0 Å². The largest absolute Gasteiger partial charge is 0.272 e. The first-order chi connectivity index (χ1) is 13.2. The zero-order valence-electron chi connectivity index (χ0n) is 14.7. The number of para-hydroxylation sites is 1. The van der Waals surface area contributed by atoms with E-state index in [1.165, 1.54) is 0 Å². The van der Waals surface area contributed by atoms with Gasteiger partial charge in [-0.1, -0.05) is 42.5 Å². The number of nitrogens with one attached hydrogen (secondary N) is 1. The van der Waals surface area contributed by atoms with Crippen LogP contribution in [0.25, 0.3) is 22.2 Å². The van der Waals surface area contributed by atoms with E-state index >= 15 is 0 Å². The normalized spacial score (nSPS) is 11.1. The number of amides is 1. The number of pyridine rings is 1. The molecule has 1 amide bonds. The van der Waals surface area contributed by atoms with Gasteiger partial charge in [-0.25, -0.2) is 10.4 Å². The number of rotatable bonds is 4. The topological polar surface area (TPSA) is 54.4 Å². The number of thiophene rings is 1. The summed E-state index contributed by atoms with van der Waals surface area (Å²) in [6, 6.07) is 19.5. The van der Waals surface area contributed by atoms with Gasteiger partial charge in [0.1, 0.15) is 0 Å². The number of hydrogen-bond acceptors (Lipinski definition) is 4. The second kappa shape index (κ2) is 7.51. The molecule has 0 bridgehead atoms. The Balaban J connectivity index is 1.74. The van der Waals surface area contributed by atoms with Gasteiger partial charge in [0, 0.05) is 16.5 Å². The first-order valence-electron chi connectivity index (χ1n) is 8.54. The van der Waals surface area contributed by atoms with Gasteiger partial charge in [0.25, 0.3) is 5.91 Å². The first kappa shape index (κ1) is 17.1. The van der Waals surface area contributed by atoms with Crippen molar-refractivity contribution in [2.45, 2.75) is 6.92 Å². The van der Waals surface area contributed by atoms with Gasteiger partial charge in [-0.05, 0) is 41.4 Å². The van der Waals surface area contributed by atoms with E-state index in [0.717, 1.165) is 33.3 Å². The molecule has 0 aliphatic carbocycles. The molecule has 0 radical (unpaired) electrons. The highest BCUT2D eigenvalue weighted by Crippen LogP contribution is 2.26. The van der Waals surface area contributed by atoms with E-state index in [1.807, 2.05) is 78.3 Å². The average molecular weight is 371 g/mol. The number of fused-ring (bicyclic) bond motifs is 1. The minimum absolute atomic E-state index is 0.255. The van der Waals surface area contributed by atoms with Crippen molar-refractivity contribution in [3.05, 3.63) is 88.1 Å². The minimum atomic E-state index is -0.255. The molecule has 0 atom stereocenters. The Hall–Kier alpha value is -3.31. The van der Waals surface area contributed by atoms with Crippen LogP contribution in [-0.4, -0.2) is 17.1 Å². The molecule has 2 aromatic carbocycles. The lowest BCUT2D eigenvalue weighted by molar-refractivity contribution is 0.0957. The molecule has 0 fully saturated rings. The predicted octanol–water partition coefficient (Wildman–Crippen LogP) is 5.04. The third kappa shape index (κ3) is 3.64. The van der Waals surface area contributed by atoms with Gasteiger partial charge in [-0.2, -0.15) is 16.4 Å². The molecule has 0 aliphatic rings. The number of hydrazone groups is 1. The molecule has 1 N–H and O–H groups in total. The van der Waals surface area contributed by atoms with Gasteiger partial charge >= 0.3 is 0 Å². The van der Waals surface area contributed by atoms with E-state index < -0.39 is 0 Å². The lowest BCUT2D eigenvalue weighted by atomic mass is 10.0. The summed E-state index contributed by atoms with van der Waals surface area (Å²) in [5.41, 5.74) is 7.83. The summed E-state index contributed by atoms with van der Waals surface area (Å²) in [4.78, 5) is 17.6. The Morgan fingerprint density at radius 3 is 2.74 bits per heavy atom. The maximum atomic E-state index is 12.8. The number of benzene rings is 2. The molecule has 2 aromatic heterocycles. The predicted molar refractivity (Wildman–Crippen MR) is 111 cm³/mol. The van der Waals surface area contributed by atoms with Crippen molar-refractivity contribution in [3.63, 3.8) is 0 Å². The zero-order chi connectivity index (χ0) is 18.6. The molecule has 4 nitrogen and oxygen atoms in total. The van der Waals surface area contributed by atoms with Crippen molar-refractivity contribution < 1.29 is 4.79 Å². The van der Waals surface area contributed by atoms with Crippen LogP contribution in [0.1, 0.15) is 21.5 Å². The highest BCUT2D eigenvalue weighted by Gasteiger charge is 2.14. The first-order valence-corrected chi connectivity index (χ1v) is 9.48. The van der Waals surface area contributed by atoms with Crippen LogP contribution in [0.15, 0.2) is 76.5 Å². The molecule has 0 unspecified atom stereocenters. The number of carbonyl (C=O) groups is 1. The molecule has 0 saturated carbocycles. The van der Waals surface area contributed by atoms with E-state index in [9.17, 15) is 4.79 Å². The van der Waals surface area contributed by atoms with Crippen LogP contribution in [0.5, 0.6) is 0 Å². The Morgan fingerprint density at radius 2 is 1.93 bits per heavy atom. The average Bonchev–Trinajstić information content (AvgIpc) is 3.21. The van der Waals surface area contributed by atoms with E-state index in [2.05, 4.69) is 10.5 Å². The maximum absolute atomic E-state index is 12.8. The fraction of sp³-hybridized carbons (Fsp3) is 0.0455. The van der Waals surface area contributed by atoms with Crippen LogP contribution < -0.4 is 5.43 Å². The van der Waals surface area contributed by atoms with Crippen LogP contribution in [0.4, 0.5) is 0 Å². The highest BCUT2D eigenvalue weighted by molar-refractivity contribution is 7.08. The molecule has 0 aliphatic heterocycles. The summed E-state index contributed by atoms with van der Waals surface area (Å²) >= 11 is 1.59. The van der Waals surface area contributed by atoms with E-state index in [4.69, 9.17) is 4.98 Å². The Labute approximate surface area is 161 Å². The number of nitrogens with zero attached hydrogens (tertiary/aromatic N) is 2. The maximum Gasteiger partial charge on any atom is 0.272 e. The van der Waals surface area contributed by atoms with Gasteiger partial charge in [0.05, 0.1) is 23.0 Å². The van der Waals surface area contributed by atoms with Crippen molar-refractivity contribution in [3.8, 4) is 11.3 Å². The zero-order valence-corrected chi connectivity index (χ0v) is 15.5. The van der Waals surface area contributed by atoms with Gasteiger partial charge in [-0.15, -0.1) is 0 Å². The molecular formula is C22H17N3OS. The molecule has 4 rings (SSSR count). The third-order valence-corrected chi connectivity index (χ3v) is 5.01. The molecule has 2 heterocycles. The summed E-state index contributed by atoms with van der Waals surface area (Å²) in [6.45, 7) is 2.04. The van der Waals surface area contributed by atoms with E-state index in [-0.39, 0.29) is 5.91 Å². The summed E-state index contributed by atoms with van der Waals surface area (Å²) in [5, 5.41) is 8.81. The molecule has 0 saturated heterocycles. The smallest absolute Gasteiger partial charge is 0.267 e. The van der Waals surface area contributed by atoms with E-state index in [1.54, 1.807) is 17.6 Å². The fourth-order valence-corrected chi connectivity index (χ4v) is 3.55. The SMILES string of the molecule is Cc1ccccc1-c1cc(C(=O)N/N=C/c2ccsc2)c2ccccc2n1. The number of aryl methyl sites for hydroxylation is 1. The molecule has 5 heteroatoms. The lowest BCUT2D eigenvalue weighted by Gasteiger charge is -2.10.